The number of nitrogens with zero attached hydrogens (tertiary/aromatic N) is 1. The predicted octanol–water partition coefficient (Wildman–Crippen LogP) is 2.28. The number of ether oxygens (including phenoxy) is 3. The molecule has 0 radical (unpaired) electrons. The quantitative estimate of drug-likeness (QED) is 0.801. The van der Waals surface area contributed by atoms with Gasteiger partial charge in [-0.05, 0) is 24.6 Å². The second-order valence-corrected chi connectivity index (χ2v) is 4.50. The molecule has 4 heteroatoms. The molecule has 0 spiro atoms. The zero-order chi connectivity index (χ0) is 13.0. The molecule has 1 aromatic rings. The van der Waals surface area contributed by atoms with E-state index in [1.807, 2.05) is 18.2 Å². The Balaban J connectivity index is 2.37. The van der Waals surface area contributed by atoms with E-state index in [2.05, 4.69) is 6.07 Å². The predicted molar refractivity (Wildman–Crippen MR) is 66.9 cm³/mol. The van der Waals surface area contributed by atoms with Crippen LogP contribution in [-0.4, -0.2) is 27.4 Å². The lowest BCUT2D eigenvalue weighted by Gasteiger charge is -2.42. The number of nitriles is 1. The van der Waals surface area contributed by atoms with Crippen molar-refractivity contribution >= 4 is 0 Å². The van der Waals surface area contributed by atoms with Gasteiger partial charge in [0.2, 0.25) is 0 Å². The zero-order valence-electron chi connectivity index (χ0n) is 10.7. The van der Waals surface area contributed by atoms with Crippen LogP contribution in [0.5, 0.6) is 11.5 Å². The summed E-state index contributed by atoms with van der Waals surface area (Å²) >= 11 is 0. The van der Waals surface area contributed by atoms with Gasteiger partial charge in [-0.2, -0.15) is 5.26 Å². The molecule has 0 unspecified atom stereocenters. The van der Waals surface area contributed by atoms with Crippen molar-refractivity contribution in [2.24, 2.45) is 0 Å². The van der Waals surface area contributed by atoms with Crippen molar-refractivity contribution < 1.29 is 14.2 Å². The standard InChI is InChI=1S/C14H17NO3/c1-16-11-4-5-13(17-2)12(8-11)14(6-3-7-15)9-18-10-14/h4-5,8H,3,6,9-10H2,1-2H3. The Bertz CT molecular complexity index is 461. The van der Waals surface area contributed by atoms with Crippen LogP contribution in [0, 0.1) is 11.3 Å². The smallest absolute Gasteiger partial charge is 0.123 e. The first kappa shape index (κ1) is 12.7. The molecule has 2 rings (SSSR count). The van der Waals surface area contributed by atoms with Crippen molar-refractivity contribution in [2.75, 3.05) is 27.4 Å². The molecule has 1 saturated heterocycles. The van der Waals surface area contributed by atoms with E-state index in [1.54, 1.807) is 14.2 Å². The van der Waals surface area contributed by atoms with Crippen molar-refractivity contribution in [3.63, 3.8) is 0 Å². The summed E-state index contributed by atoms with van der Waals surface area (Å²) < 4.78 is 16.0. The SMILES string of the molecule is COc1ccc(OC)c(C2(CCC#N)COC2)c1. The Morgan fingerprint density at radius 3 is 2.61 bits per heavy atom. The Morgan fingerprint density at radius 1 is 1.33 bits per heavy atom. The monoisotopic (exact) mass is 247 g/mol. The average Bonchev–Trinajstić information content (AvgIpc) is 2.37. The second-order valence-electron chi connectivity index (χ2n) is 4.50. The van der Waals surface area contributed by atoms with Gasteiger partial charge in [0, 0.05) is 17.4 Å². The lowest BCUT2D eigenvalue weighted by molar-refractivity contribution is -0.0646. The van der Waals surface area contributed by atoms with E-state index in [-0.39, 0.29) is 5.41 Å². The highest BCUT2D eigenvalue weighted by atomic mass is 16.5. The molecule has 0 amide bonds. The van der Waals surface area contributed by atoms with Gasteiger partial charge in [0.25, 0.3) is 0 Å². The molecular weight excluding hydrogens is 230 g/mol. The van der Waals surface area contributed by atoms with Gasteiger partial charge in [-0.1, -0.05) is 0 Å². The third-order valence-corrected chi connectivity index (χ3v) is 3.45. The van der Waals surface area contributed by atoms with Gasteiger partial charge in [0.15, 0.2) is 0 Å². The first-order valence-corrected chi connectivity index (χ1v) is 5.93. The highest BCUT2D eigenvalue weighted by molar-refractivity contribution is 5.46. The van der Waals surface area contributed by atoms with Crippen LogP contribution < -0.4 is 9.47 Å². The third kappa shape index (κ3) is 2.14. The van der Waals surface area contributed by atoms with E-state index in [0.717, 1.165) is 23.5 Å². The lowest BCUT2D eigenvalue weighted by atomic mass is 9.74. The Morgan fingerprint density at radius 2 is 2.11 bits per heavy atom. The topological polar surface area (TPSA) is 51.5 Å². The molecule has 1 fully saturated rings. The summed E-state index contributed by atoms with van der Waals surface area (Å²) in [5.74, 6) is 1.63. The minimum atomic E-state index is -0.102. The van der Waals surface area contributed by atoms with Gasteiger partial charge < -0.3 is 14.2 Å². The Kier molecular flexibility index (Phi) is 3.73. The van der Waals surface area contributed by atoms with E-state index >= 15 is 0 Å². The number of hydrogen-bond donors (Lipinski definition) is 0. The number of hydrogen-bond acceptors (Lipinski definition) is 4. The summed E-state index contributed by atoms with van der Waals surface area (Å²) in [5.41, 5.74) is 0.973. The van der Waals surface area contributed by atoms with E-state index in [0.29, 0.717) is 19.6 Å². The van der Waals surface area contributed by atoms with E-state index in [9.17, 15) is 0 Å². The molecule has 0 bridgehead atoms. The molecule has 0 atom stereocenters. The van der Waals surface area contributed by atoms with Crippen molar-refractivity contribution in [3.05, 3.63) is 23.8 Å². The Labute approximate surface area is 107 Å². The normalized spacial score (nSPS) is 16.5. The molecule has 0 aliphatic carbocycles. The first-order valence-electron chi connectivity index (χ1n) is 5.93. The van der Waals surface area contributed by atoms with Gasteiger partial charge in [0.05, 0.1) is 33.5 Å². The minimum absolute atomic E-state index is 0.102. The fraction of sp³-hybridized carbons (Fsp3) is 0.500. The average molecular weight is 247 g/mol. The van der Waals surface area contributed by atoms with Crippen LogP contribution in [0.3, 0.4) is 0 Å². The number of methoxy groups -OCH3 is 2. The molecule has 0 aromatic heterocycles. The summed E-state index contributed by atoms with van der Waals surface area (Å²) in [6.07, 6.45) is 1.30. The van der Waals surface area contributed by atoms with Crippen LogP contribution in [0.25, 0.3) is 0 Å². The molecule has 1 heterocycles. The van der Waals surface area contributed by atoms with E-state index in [4.69, 9.17) is 19.5 Å². The second kappa shape index (κ2) is 5.28. The first-order chi connectivity index (χ1) is 8.75. The fourth-order valence-corrected chi connectivity index (χ4v) is 2.31. The zero-order valence-corrected chi connectivity index (χ0v) is 10.7. The summed E-state index contributed by atoms with van der Waals surface area (Å²) in [6, 6.07) is 7.96. The minimum Gasteiger partial charge on any atom is -0.497 e. The summed E-state index contributed by atoms with van der Waals surface area (Å²) in [6.45, 7) is 1.27. The molecule has 0 saturated carbocycles. The maximum absolute atomic E-state index is 8.78. The van der Waals surface area contributed by atoms with Gasteiger partial charge in [-0.15, -0.1) is 0 Å². The highest BCUT2D eigenvalue weighted by Gasteiger charge is 2.42. The van der Waals surface area contributed by atoms with Crippen LogP contribution in [0.4, 0.5) is 0 Å². The van der Waals surface area contributed by atoms with Gasteiger partial charge >= 0.3 is 0 Å². The van der Waals surface area contributed by atoms with Crippen LogP contribution in [0.15, 0.2) is 18.2 Å². The van der Waals surface area contributed by atoms with Crippen molar-refractivity contribution in [1.82, 2.24) is 0 Å². The summed E-state index contributed by atoms with van der Waals surface area (Å²) in [7, 11) is 3.30. The van der Waals surface area contributed by atoms with Gasteiger partial charge in [-0.25, -0.2) is 0 Å². The molecule has 96 valence electrons. The molecule has 0 N–H and O–H groups in total. The molecule has 1 aliphatic heterocycles. The van der Waals surface area contributed by atoms with Gasteiger partial charge in [-0.3, -0.25) is 0 Å². The maximum Gasteiger partial charge on any atom is 0.123 e. The number of benzene rings is 1. The van der Waals surface area contributed by atoms with E-state index < -0.39 is 0 Å². The largest absolute Gasteiger partial charge is 0.497 e. The molecular formula is C14H17NO3. The van der Waals surface area contributed by atoms with Crippen molar-refractivity contribution in [3.8, 4) is 17.6 Å². The van der Waals surface area contributed by atoms with Crippen LogP contribution in [0.1, 0.15) is 18.4 Å². The highest BCUT2D eigenvalue weighted by Crippen LogP contribution is 2.42. The molecule has 1 aliphatic rings. The fourth-order valence-electron chi connectivity index (χ4n) is 2.31. The van der Waals surface area contributed by atoms with Crippen molar-refractivity contribution in [2.45, 2.75) is 18.3 Å². The molecule has 18 heavy (non-hydrogen) atoms. The molecule has 4 nitrogen and oxygen atoms in total. The lowest BCUT2D eigenvalue weighted by Crippen LogP contribution is -2.46. The Hall–Kier alpha value is -1.73. The maximum atomic E-state index is 8.78. The van der Waals surface area contributed by atoms with Crippen LogP contribution >= 0.6 is 0 Å². The van der Waals surface area contributed by atoms with Crippen molar-refractivity contribution in [1.29, 1.82) is 5.26 Å². The number of rotatable bonds is 5. The van der Waals surface area contributed by atoms with Gasteiger partial charge in [0.1, 0.15) is 11.5 Å². The summed E-state index contributed by atoms with van der Waals surface area (Å²) in [5, 5.41) is 8.78. The summed E-state index contributed by atoms with van der Waals surface area (Å²) in [4.78, 5) is 0. The van der Waals surface area contributed by atoms with Crippen LogP contribution in [0.2, 0.25) is 0 Å². The van der Waals surface area contributed by atoms with Crippen LogP contribution in [-0.2, 0) is 10.2 Å². The van der Waals surface area contributed by atoms with E-state index in [1.165, 1.54) is 0 Å². The molecule has 1 aromatic carbocycles. The third-order valence-electron chi connectivity index (χ3n) is 3.45.